The minimum atomic E-state index is -0.263. The number of anilines is 1. The van der Waals surface area contributed by atoms with Crippen LogP contribution in [0.3, 0.4) is 0 Å². The average Bonchev–Trinajstić information content (AvgIpc) is 2.27. The molecular weight excluding hydrogens is 202 g/mol. The largest absolute Gasteiger partial charge is 0.438 e. The van der Waals surface area contributed by atoms with Crippen LogP contribution in [0, 0.1) is 0 Å². The molecule has 0 bridgehead atoms. The van der Waals surface area contributed by atoms with E-state index < -0.39 is 0 Å². The summed E-state index contributed by atoms with van der Waals surface area (Å²) >= 11 is 0. The zero-order valence-electron chi connectivity index (χ0n) is 8.86. The molecule has 0 amide bonds. The van der Waals surface area contributed by atoms with Gasteiger partial charge in [0.2, 0.25) is 0 Å². The summed E-state index contributed by atoms with van der Waals surface area (Å²) in [6.07, 6.45) is -0.263. The van der Waals surface area contributed by atoms with Crippen LogP contribution in [0.25, 0.3) is 10.8 Å². The number of ether oxygens (including phenoxy) is 1. The van der Waals surface area contributed by atoms with Crippen molar-refractivity contribution in [3.8, 4) is 0 Å². The average molecular weight is 213 g/mol. The third kappa shape index (κ3) is 1.33. The number of carbonyl (C=O) groups is 1. The van der Waals surface area contributed by atoms with E-state index in [1.165, 1.54) is 0 Å². The van der Waals surface area contributed by atoms with Crippen LogP contribution in [0.5, 0.6) is 0 Å². The van der Waals surface area contributed by atoms with Crippen molar-refractivity contribution >= 4 is 22.4 Å². The normalized spacial score (nSPS) is 18.8. The Labute approximate surface area is 93.0 Å². The highest BCUT2D eigenvalue weighted by molar-refractivity contribution is 6.02. The third-order valence-corrected chi connectivity index (χ3v) is 2.75. The fraction of sp³-hybridized carbons (Fsp3) is 0.154. The van der Waals surface area contributed by atoms with Crippen molar-refractivity contribution in [3.05, 3.63) is 42.0 Å². The molecule has 2 aromatic rings. The van der Waals surface area contributed by atoms with Gasteiger partial charge >= 0.3 is 5.97 Å². The second kappa shape index (κ2) is 3.23. The van der Waals surface area contributed by atoms with E-state index in [0.717, 1.165) is 16.5 Å². The molecule has 80 valence electrons. The first-order chi connectivity index (χ1) is 7.74. The molecule has 2 aromatic carbocycles. The van der Waals surface area contributed by atoms with E-state index in [0.29, 0.717) is 5.56 Å². The standard InChI is InChI=1S/C13H11NO2/c1-8-14-12-7-10-5-3-2-4-9(10)6-11(12)13(15)16-8/h2-8,14H,1H3/t8-/m0/s1. The highest BCUT2D eigenvalue weighted by atomic mass is 16.6. The van der Waals surface area contributed by atoms with Gasteiger partial charge in [-0.05, 0) is 29.8 Å². The van der Waals surface area contributed by atoms with Crippen molar-refractivity contribution < 1.29 is 9.53 Å². The summed E-state index contributed by atoms with van der Waals surface area (Å²) in [6.45, 7) is 1.82. The molecule has 1 atom stereocenters. The van der Waals surface area contributed by atoms with Gasteiger partial charge in [0.25, 0.3) is 0 Å². The summed E-state index contributed by atoms with van der Waals surface area (Å²) < 4.78 is 5.11. The Bertz CT molecular complexity index is 577. The van der Waals surface area contributed by atoms with Gasteiger partial charge in [-0.2, -0.15) is 0 Å². The zero-order valence-corrected chi connectivity index (χ0v) is 8.86. The second-order valence-corrected chi connectivity index (χ2v) is 3.94. The van der Waals surface area contributed by atoms with Crippen LogP contribution in [0.15, 0.2) is 36.4 Å². The molecule has 0 radical (unpaired) electrons. The Hall–Kier alpha value is -2.03. The third-order valence-electron chi connectivity index (χ3n) is 2.75. The van der Waals surface area contributed by atoms with E-state index in [1.54, 1.807) is 0 Å². The predicted molar refractivity (Wildman–Crippen MR) is 62.4 cm³/mol. The lowest BCUT2D eigenvalue weighted by molar-refractivity contribution is 0.0370. The Morgan fingerprint density at radius 3 is 2.62 bits per heavy atom. The monoisotopic (exact) mass is 213 g/mol. The number of carbonyl (C=O) groups excluding carboxylic acids is 1. The lowest BCUT2D eigenvalue weighted by Gasteiger charge is -2.24. The van der Waals surface area contributed by atoms with Crippen LogP contribution >= 0.6 is 0 Å². The van der Waals surface area contributed by atoms with E-state index >= 15 is 0 Å². The van der Waals surface area contributed by atoms with E-state index in [4.69, 9.17) is 4.74 Å². The van der Waals surface area contributed by atoms with Gasteiger partial charge in [-0.1, -0.05) is 24.3 Å². The van der Waals surface area contributed by atoms with Gasteiger partial charge in [0.05, 0.1) is 11.3 Å². The molecule has 0 unspecified atom stereocenters. The summed E-state index contributed by atoms with van der Waals surface area (Å²) in [5.74, 6) is -0.257. The van der Waals surface area contributed by atoms with Crippen molar-refractivity contribution in [2.45, 2.75) is 13.2 Å². The van der Waals surface area contributed by atoms with Crippen LogP contribution in [-0.4, -0.2) is 12.2 Å². The Kier molecular flexibility index (Phi) is 1.86. The number of benzene rings is 2. The van der Waals surface area contributed by atoms with Gasteiger partial charge in [-0.3, -0.25) is 0 Å². The lowest BCUT2D eigenvalue weighted by atomic mass is 10.0. The van der Waals surface area contributed by atoms with Crippen molar-refractivity contribution in [3.63, 3.8) is 0 Å². The van der Waals surface area contributed by atoms with Gasteiger partial charge < -0.3 is 10.1 Å². The van der Waals surface area contributed by atoms with Crippen LogP contribution in [-0.2, 0) is 4.74 Å². The molecule has 1 N–H and O–H groups in total. The Morgan fingerprint density at radius 1 is 1.19 bits per heavy atom. The maximum Gasteiger partial charge on any atom is 0.342 e. The Morgan fingerprint density at radius 2 is 1.88 bits per heavy atom. The predicted octanol–water partition coefficient (Wildman–Crippen LogP) is 2.77. The number of esters is 1. The second-order valence-electron chi connectivity index (χ2n) is 3.94. The Balaban J connectivity index is 2.26. The van der Waals surface area contributed by atoms with E-state index in [2.05, 4.69) is 5.32 Å². The number of hydrogen-bond donors (Lipinski definition) is 1. The van der Waals surface area contributed by atoms with Crippen LogP contribution in [0.2, 0.25) is 0 Å². The molecule has 1 aliphatic rings. The quantitative estimate of drug-likeness (QED) is 0.684. The van der Waals surface area contributed by atoms with Crippen molar-refractivity contribution in [2.24, 2.45) is 0 Å². The number of cyclic esters (lactones) is 1. The number of hydrogen-bond acceptors (Lipinski definition) is 3. The maximum atomic E-state index is 11.7. The fourth-order valence-electron chi connectivity index (χ4n) is 2.00. The molecule has 0 aromatic heterocycles. The van der Waals surface area contributed by atoms with Gasteiger partial charge in [-0.15, -0.1) is 0 Å². The first-order valence-corrected chi connectivity index (χ1v) is 5.24. The lowest BCUT2D eigenvalue weighted by Crippen LogP contribution is -2.29. The van der Waals surface area contributed by atoms with Gasteiger partial charge in [0.15, 0.2) is 6.23 Å². The first kappa shape index (κ1) is 9.21. The number of fused-ring (bicyclic) bond motifs is 2. The van der Waals surface area contributed by atoms with Crippen molar-refractivity contribution in [1.29, 1.82) is 0 Å². The van der Waals surface area contributed by atoms with Crippen LogP contribution < -0.4 is 5.32 Å². The molecule has 0 saturated heterocycles. The molecule has 3 heteroatoms. The van der Waals surface area contributed by atoms with Gasteiger partial charge in [0, 0.05) is 0 Å². The van der Waals surface area contributed by atoms with E-state index in [9.17, 15) is 4.79 Å². The molecular formula is C13H11NO2. The number of nitrogens with one attached hydrogen (secondary N) is 1. The molecule has 0 spiro atoms. The molecule has 1 heterocycles. The smallest absolute Gasteiger partial charge is 0.342 e. The number of rotatable bonds is 0. The van der Waals surface area contributed by atoms with Gasteiger partial charge in [0.1, 0.15) is 0 Å². The van der Waals surface area contributed by atoms with Crippen molar-refractivity contribution in [2.75, 3.05) is 5.32 Å². The zero-order chi connectivity index (χ0) is 11.1. The molecule has 1 aliphatic heterocycles. The van der Waals surface area contributed by atoms with E-state index in [1.807, 2.05) is 43.3 Å². The summed E-state index contributed by atoms with van der Waals surface area (Å²) in [5.41, 5.74) is 1.46. The van der Waals surface area contributed by atoms with Crippen LogP contribution in [0.4, 0.5) is 5.69 Å². The molecule has 0 fully saturated rings. The minimum Gasteiger partial charge on any atom is -0.438 e. The highest BCUT2D eigenvalue weighted by Crippen LogP contribution is 2.28. The minimum absolute atomic E-state index is 0.257. The summed E-state index contributed by atoms with van der Waals surface area (Å²) in [5, 5.41) is 5.31. The molecule has 0 aliphatic carbocycles. The van der Waals surface area contributed by atoms with Gasteiger partial charge in [-0.25, -0.2) is 4.79 Å². The maximum absolute atomic E-state index is 11.7. The summed E-state index contributed by atoms with van der Waals surface area (Å²) in [4.78, 5) is 11.7. The SMILES string of the molecule is C[C@H]1Nc2cc3ccccc3cc2C(=O)O1. The summed E-state index contributed by atoms with van der Waals surface area (Å²) in [6, 6.07) is 11.8. The summed E-state index contributed by atoms with van der Waals surface area (Å²) in [7, 11) is 0. The molecule has 0 saturated carbocycles. The highest BCUT2D eigenvalue weighted by Gasteiger charge is 2.22. The first-order valence-electron chi connectivity index (χ1n) is 5.24. The van der Waals surface area contributed by atoms with E-state index in [-0.39, 0.29) is 12.2 Å². The molecule has 3 rings (SSSR count). The molecule has 16 heavy (non-hydrogen) atoms. The van der Waals surface area contributed by atoms with Crippen LogP contribution in [0.1, 0.15) is 17.3 Å². The fourth-order valence-corrected chi connectivity index (χ4v) is 2.00. The topological polar surface area (TPSA) is 38.3 Å². The molecule has 3 nitrogen and oxygen atoms in total. The van der Waals surface area contributed by atoms with Crippen molar-refractivity contribution in [1.82, 2.24) is 0 Å².